The second-order valence-corrected chi connectivity index (χ2v) is 8.59. The molecule has 0 aromatic heterocycles. The molecule has 24 heavy (non-hydrogen) atoms. The molecule has 0 aliphatic carbocycles. The van der Waals surface area contributed by atoms with E-state index >= 15 is 0 Å². The minimum absolute atomic E-state index is 0.0673. The zero-order chi connectivity index (χ0) is 17.3. The SMILES string of the molecule is Cc1ccc(C(=O)N2CCCC2)cc1S(=O)(=O)N1CCN(C)CC1. The molecule has 3 rings (SSSR count). The molecule has 0 radical (unpaired) electrons. The number of carbonyl (C=O) groups is 1. The number of rotatable bonds is 3. The summed E-state index contributed by atoms with van der Waals surface area (Å²) in [4.78, 5) is 16.7. The minimum atomic E-state index is -3.56. The fraction of sp³-hybridized carbons (Fsp3) is 0.588. The van der Waals surface area contributed by atoms with Gasteiger partial charge in [-0.1, -0.05) is 6.07 Å². The molecular formula is C17H25N3O3S. The standard InChI is InChI=1S/C17H25N3O3S/c1-14-5-6-15(17(21)19-7-3-4-8-19)13-16(14)24(22,23)20-11-9-18(2)10-12-20/h5-6,13H,3-4,7-12H2,1-2H3. The van der Waals surface area contributed by atoms with E-state index in [0.29, 0.717) is 24.2 Å². The number of aryl methyl sites for hydroxylation is 1. The summed E-state index contributed by atoms with van der Waals surface area (Å²) in [5.41, 5.74) is 1.15. The van der Waals surface area contributed by atoms with Crippen LogP contribution >= 0.6 is 0 Å². The van der Waals surface area contributed by atoms with E-state index in [1.165, 1.54) is 4.31 Å². The fourth-order valence-corrected chi connectivity index (χ4v) is 4.95. The number of hydrogen-bond donors (Lipinski definition) is 0. The van der Waals surface area contributed by atoms with Gasteiger partial charge < -0.3 is 9.80 Å². The average Bonchev–Trinajstić information content (AvgIpc) is 3.09. The number of nitrogens with zero attached hydrogens (tertiary/aromatic N) is 3. The van der Waals surface area contributed by atoms with Crippen molar-refractivity contribution in [1.82, 2.24) is 14.1 Å². The van der Waals surface area contributed by atoms with Crippen LogP contribution in [0.25, 0.3) is 0 Å². The normalized spacial score (nSPS) is 20.5. The summed E-state index contributed by atoms with van der Waals surface area (Å²) in [7, 11) is -1.57. The number of benzene rings is 1. The molecule has 2 aliphatic rings. The van der Waals surface area contributed by atoms with E-state index in [9.17, 15) is 13.2 Å². The van der Waals surface area contributed by atoms with Crippen LogP contribution in [-0.2, 0) is 10.0 Å². The summed E-state index contributed by atoms with van der Waals surface area (Å²) in [5.74, 6) is -0.0673. The van der Waals surface area contributed by atoms with Crippen molar-refractivity contribution in [2.45, 2.75) is 24.7 Å². The van der Waals surface area contributed by atoms with Crippen LogP contribution in [0.4, 0.5) is 0 Å². The second-order valence-electron chi connectivity index (χ2n) is 6.69. The van der Waals surface area contributed by atoms with Gasteiger partial charge in [0.2, 0.25) is 10.0 Å². The van der Waals surface area contributed by atoms with Gasteiger partial charge in [0.25, 0.3) is 5.91 Å². The third-order valence-electron chi connectivity index (χ3n) is 4.91. The molecule has 0 N–H and O–H groups in total. The Morgan fingerprint density at radius 1 is 1.00 bits per heavy atom. The number of carbonyl (C=O) groups excluding carboxylic acids is 1. The lowest BCUT2D eigenvalue weighted by molar-refractivity contribution is 0.0792. The third kappa shape index (κ3) is 3.34. The van der Waals surface area contributed by atoms with Gasteiger partial charge in [-0.15, -0.1) is 0 Å². The zero-order valence-electron chi connectivity index (χ0n) is 14.4. The highest BCUT2D eigenvalue weighted by Crippen LogP contribution is 2.24. The quantitative estimate of drug-likeness (QED) is 0.820. The molecule has 2 fully saturated rings. The Hall–Kier alpha value is -1.44. The highest BCUT2D eigenvalue weighted by atomic mass is 32.2. The Labute approximate surface area is 144 Å². The van der Waals surface area contributed by atoms with Crippen molar-refractivity contribution in [2.75, 3.05) is 46.3 Å². The van der Waals surface area contributed by atoms with Crippen LogP contribution in [0.2, 0.25) is 0 Å². The first-order chi connectivity index (χ1) is 11.4. The summed E-state index contributed by atoms with van der Waals surface area (Å²) in [6.07, 6.45) is 2.04. The molecular weight excluding hydrogens is 326 g/mol. The molecule has 2 aliphatic heterocycles. The van der Waals surface area contributed by atoms with Crippen molar-refractivity contribution in [2.24, 2.45) is 0 Å². The molecule has 0 saturated carbocycles. The van der Waals surface area contributed by atoms with Gasteiger partial charge in [0, 0.05) is 44.8 Å². The number of amides is 1. The Morgan fingerprint density at radius 3 is 2.25 bits per heavy atom. The van der Waals surface area contributed by atoms with Gasteiger partial charge in [-0.2, -0.15) is 4.31 Å². The molecule has 1 amide bonds. The molecule has 6 nitrogen and oxygen atoms in total. The van der Waals surface area contributed by atoms with Gasteiger partial charge >= 0.3 is 0 Å². The molecule has 0 unspecified atom stereocenters. The second kappa shape index (κ2) is 6.82. The topological polar surface area (TPSA) is 60.9 Å². The van der Waals surface area contributed by atoms with Crippen LogP contribution < -0.4 is 0 Å². The largest absolute Gasteiger partial charge is 0.339 e. The summed E-state index contributed by atoms with van der Waals surface area (Å²) < 4.78 is 27.5. The Morgan fingerprint density at radius 2 is 1.62 bits per heavy atom. The Kier molecular flexibility index (Phi) is 4.94. The Bertz CT molecular complexity index is 719. The van der Waals surface area contributed by atoms with Crippen molar-refractivity contribution in [3.8, 4) is 0 Å². The van der Waals surface area contributed by atoms with E-state index in [1.54, 1.807) is 30.0 Å². The van der Waals surface area contributed by atoms with Gasteiger partial charge in [0.05, 0.1) is 4.90 Å². The molecule has 0 spiro atoms. The van der Waals surface area contributed by atoms with E-state index in [-0.39, 0.29) is 10.8 Å². The lowest BCUT2D eigenvalue weighted by Gasteiger charge is -2.32. The van der Waals surface area contributed by atoms with Crippen molar-refractivity contribution in [3.05, 3.63) is 29.3 Å². The molecule has 1 aromatic rings. The van der Waals surface area contributed by atoms with E-state index in [1.807, 2.05) is 7.05 Å². The van der Waals surface area contributed by atoms with Crippen molar-refractivity contribution in [1.29, 1.82) is 0 Å². The monoisotopic (exact) mass is 351 g/mol. The van der Waals surface area contributed by atoms with E-state index in [4.69, 9.17) is 0 Å². The molecule has 2 saturated heterocycles. The van der Waals surface area contributed by atoms with Gasteiger partial charge in [-0.3, -0.25) is 4.79 Å². The maximum atomic E-state index is 13.0. The highest BCUT2D eigenvalue weighted by molar-refractivity contribution is 7.89. The van der Waals surface area contributed by atoms with Crippen molar-refractivity contribution < 1.29 is 13.2 Å². The number of piperazine rings is 1. The highest BCUT2D eigenvalue weighted by Gasteiger charge is 2.30. The lowest BCUT2D eigenvalue weighted by atomic mass is 10.1. The van der Waals surface area contributed by atoms with Gasteiger partial charge in [-0.25, -0.2) is 8.42 Å². The predicted octanol–water partition coefficient (Wildman–Crippen LogP) is 1.17. The molecule has 1 aromatic carbocycles. The first-order valence-corrected chi connectivity index (χ1v) is 9.92. The van der Waals surface area contributed by atoms with Crippen LogP contribution in [0.5, 0.6) is 0 Å². The molecule has 0 bridgehead atoms. The van der Waals surface area contributed by atoms with Crippen molar-refractivity contribution in [3.63, 3.8) is 0 Å². The zero-order valence-corrected chi connectivity index (χ0v) is 15.2. The van der Waals surface area contributed by atoms with Crippen LogP contribution in [0.15, 0.2) is 23.1 Å². The minimum Gasteiger partial charge on any atom is -0.339 e. The smallest absolute Gasteiger partial charge is 0.253 e. The molecule has 7 heteroatoms. The summed E-state index contributed by atoms with van der Waals surface area (Å²) in [6.45, 7) is 5.73. The lowest BCUT2D eigenvalue weighted by Crippen LogP contribution is -2.47. The summed E-state index contributed by atoms with van der Waals surface area (Å²) >= 11 is 0. The molecule has 0 atom stereocenters. The number of likely N-dealkylation sites (tertiary alicyclic amines) is 1. The predicted molar refractivity (Wildman–Crippen MR) is 92.6 cm³/mol. The van der Waals surface area contributed by atoms with Crippen LogP contribution in [0, 0.1) is 6.92 Å². The first-order valence-electron chi connectivity index (χ1n) is 8.48. The van der Waals surface area contributed by atoms with Crippen LogP contribution in [0.3, 0.4) is 0 Å². The molecule has 2 heterocycles. The average molecular weight is 351 g/mol. The van der Waals surface area contributed by atoms with Gasteiger partial charge in [0.15, 0.2) is 0 Å². The summed E-state index contributed by atoms with van der Waals surface area (Å²) in [5, 5.41) is 0. The number of hydrogen-bond acceptors (Lipinski definition) is 4. The van der Waals surface area contributed by atoms with Gasteiger partial charge in [-0.05, 0) is 44.5 Å². The Balaban J connectivity index is 1.89. The van der Waals surface area contributed by atoms with Gasteiger partial charge in [0.1, 0.15) is 0 Å². The van der Waals surface area contributed by atoms with E-state index in [2.05, 4.69) is 4.90 Å². The number of sulfonamides is 1. The maximum absolute atomic E-state index is 13.0. The van der Waals surface area contributed by atoms with E-state index < -0.39 is 10.0 Å². The summed E-state index contributed by atoms with van der Waals surface area (Å²) in [6, 6.07) is 5.04. The van der Waals surface area contributed by atoms with E-state index in [0.717, 1.165) is 39.0 Å². The number of likely N-dealkylation sites (N-methyl/N-ethyl adjacent to an activating group) is 1. The van der Waals surface area contributed by atoms with Crippen molar-refractivity contribution >= 4 is 15.9 Å². The third-order valence-corrected chi connectivity index (χ3v) is 6.95. The van der Waals surface area contributed by atoms with Crippen LogP contribution in [0.1, 0.15) is 28.8 Å². The fourth-order valence-electron chi connectivity index (χ4n) is 3.28. The first kappa shape index (κ1) is 17.4. The molecule has 132 valence electrons. The van der Waals surface area contributed by atoms with Crippen LogP contribution in [-0.4, -0.2) is 74.7 Å². The maximum Gasteiger partial charge on any atom is 0.253 e.